The van der Waals surface area contributed by atoms with Crippen molar-refractivity contribution in [2.24, 2.45) is 0 Å². The van der Waals surface area contributed by atoms with E-state index in [0.717, 1.165) is 6.54 Å². The van der Waals surface area contributed by atoms with Gasteiger partial charge in [0.1, 0.15) is 0 Å². The van der Waals surface area contributed by atoms with Crippen LogP contribution in [0.1, 0.15) is 10.6 Å². The first-order valence-corrected chi connectivity index (χ1v) is 4.03. The number of hydrogen-bond donors (Lipinski definition) is 1. The Balaban J connectivity index is 2.71. The maximum Gasteiger partial charge on any atom is 0.374 e. The summed E-state index contributed by atoms with van der Waals surface area (Å²) in [5.74, 6) is -0.0566. The Labute approximate surface area is 76.7 Å². The van der Waals surface area contributed by atoms with E-state index in [-0.39, 0.29) is 0 Å². The predicted octanol–water partition coefficient (Wildman–Crippen LogP) is -0.111. The van der Waals surface area contributed by atoms with E-state index in [2.05, 4.69) is 15.0 Å². The molecule has 0 saturated carbocycles. The number of carbonyl (C=O) groups excluding carboxylic acids is 1. The highest BCUT2D eigenvalue weighted by Crippen LogP contribution is 1.98. The molecule has 72 valence electrons. The Morgan fingerprint density at radius 1 is 1.77 bits per heavy atom. The molecule has 0 atom stereocenters. The van der Waals surface area contributed by atoms with Gasteiger partial charge in [0, 0.05) is 25.5 Å². The van der Waals surface area contributed by atoms with E-state index in [1.54, 1.807) is 17.0 Å². The number of ether oxygens (including phenoxy) is 1. The molecular formula is C8H13N3O2. The molecule has 0 radical (unpaired) electrons. The van der Waals surface area contributed by atoms with Crippen LogP contribution in [0.5, 0.6) is 0 Å². The Morgan fingerprint density at radius 3 is 3.15 bits per heavy atom. The van der Waals surface area contributed by atoms with Crippen molar-refractivity contribution in [2.45, 2.75) is 6.54 Å². The molecule has 0 spiro atoms. The first-order valence-electron chi connectivity index (χ1n) is 4.03. The monoisotopic (exact) mass is 183 g/mol. The van der Waals surface area contributed by atoms with Crippen LogP contribution in [-0.4, -0.2) is 36.2 Å². The summed E-state index contributed by atoms with van der Waals surface area (Å²) in [6.07, 6.45) is 3.34. The fourth-order valence-electron chi connectivity index (χ4n) is 1.00. The van der Waals surface area contributed by atoms with Gasteiger partial charge in [-0.3, -0.25) is 0 Å². The van der Waals surface area contributed by atoms with Gasteiger partial charge in [0.05, 0.1) is 7.11 Å². The van der Waals surface area contributed by atoms with Crippen LogP contribution in [0.3, 0.4) is 0 Å². The molecule has 0 aliphatic heterocycles. The van der Waals surface area contributed by atoms with Gasteiger partial charge in [0.25, 0.3) is 0 Å². The van der Waals surface area contributed by atoms with Crippen molar-refractivity contribution in [3.8, 4) is 0 Å². The molecule has 0 unspecified atom stereocenters. The fraction of sp³-hybridized carbons (Fsp3) is 0.500. The van der Waals surface area contributed by atoms with Crippen molar-refractivity contribution in [1.82, 2.24) is 14.9 Å². The van der Waals surface area contributed by atoms with Crippen LogP contribution in [0.15, 0.2) is 12.4 Å². The molecule has 0 saturated heterocycles. The zero-order valence-corrected chi connectivity index (χ0v) is 7.78. The third-order valence-corrected chi connectivity index (χ3v) is 1.69. The first-order chi connectivity index (χ1) is 6.29. The number of nitrogens with one attached hydrogen (secondary N) is 1. The van der Waals surface area contributed by atoms with Crippen LogP contribution >= 0.6 is 0 Å². The van der Waals surface area contributed by atoms with Crippen molar-refractivity contribution in [3.05, 3.63) is 18.2 Å². The van der Waals surface area contributed by atoms with Gasteiger partial charge in [0.2, 0.25) is 5.82 Å². The van der Waals surface area contributed by atoms with Crippen molar-refractivity contribution in [1.29, 1.82) is 0 Å². The summed E-state index contributed by atoms with van der Waals surface area (Å²) in [4.78, 5) is 15.0. The van der Waals surface area contributed by atoms with Gasteiger partial charge in [-0.15, -0.1) is 0 Å². The maximum absolute atomic E-state index is 11.1. The van der Waals surface area contributed by atoms with Gasteiger partial charge >= 0.3 is 5.97 Å². The average molecular weight is 183 g/mol. The third kappa shape index (κ3) is 2.29. The second-order valence-electron chi connectivity index (χ2n) is 2.54. The molecule has 1 aromatic heterocycles. The average Bonchev–Trinajstić information content (AvgIpc) is 2.61. The molecule has 5 nitrogen and oxygen atoms in total. The topological polar surface area (TPSA) is 56.2 Å². The number of imidazole rings is 1. The van der Waals surface area contributed by atoms with E-state index >= 15 is 0 Å². The SMILES string of the molecule is CNCCn1ccnc1C(=O)OC. The minimum Gasteiger partial charge on any atom is -0.463 e. The largest absolute Gasteiger partial charge is 0.463 e. The Bertz CT molecular complexity index is 283. The van der Waals surface area contributed by atoms with Crippen LogP contribution in [0, 0.1) is 0 Å². The summed E-state index contributed by atoms with van der Waals surface area (Å²) >= 11 is 0. The number of methoxy groups -OCH3 is 1. The van der Waals surface area contributed by atoms with Crippen LogP contribution in [0.4, 0.5) is 0 Å². The molecule has 5 heteroatoms. The molecule has 1 N–H and O–H groups in total. The van der Waals surface area contributed by atoms with Crippen molar-refractivity contribution in [2.75, 3.05) is 20.7 Å². The summed E-state index contributed by atoms with van der Waals surface area (Å²) < 4.78 is 6.32. The molecule has 0 aromatic carbocycles. The number of hydrogen-bond acceptors (Lipinski definition) is 4. The lowest BCUT2D eigenvalue weighted by Gasteiger charge is -2.04. The zero-order chi connectivity index (χ0) is 9.68. The number of likely N-dealkylation sites (N-methyl/N-ethyl adjacent to an activating group) is 1. The molecule has 1 heterocycles. The lowest BCUT2D eigenvalue weighted by Crippen LogP contribution is -2.18. The Kier molecular flexibility index (Phi) is 3.45. The summed E-state index contributed by atoms with van der Waals surface area (Å²) in [7, 11) is 3.20. The number of carbonyl (C=O) groups is 1. The molecule has 0 fully saturated rings. The van der Waals surface area contributed by atoms with E-state index in [1.807, 2.05) is 7.05 Å². The van der Waals surface area contributed by atoms with E-state index in [0.29, 0.717) is 12.4 Å². The minimum absolute atomic E-state index is 0.345. The Morgan fingerprint density at radius 2 is 2.54 bits per heavy atom. The quantitative estimate of drug-likeness (QED) is 0.662. The first kappa shape index (κ1) is 9.73. The smallest absolute Gasteiger partial charge is 0.374 e. The Hall–Kier alpha value is -1.36. The molecule has 1 rings (SSSR count). The number of esters is 1. The van der Waals surface area contributed by atoms with E-state index in [1.165, 1.54) is 7.11 Å². The molecule has 0 bridgehead atoms. The van der Waals surface area contributed by atoms with E-state index < -0.39 is 5.97 Å². The molecule has 0 aliphatic rings. The minimum atomic E-state index is -0.402. The summed E-state index contributed by atoms with van der Waals surface area (Å²) in [6, 6.07) is 0. The van der Waals surface area contributed by atoms with Gasteiger partial charge in [-0.25, -0.2) is 9.78 Å². The maximum atomic E-state index is 11.1. The standard InChI is InChI=1S/C8H13N3O2/c1-9-3-5-11-6-4-10-7(11)8(12)13-2/h4,6,9H,3,5H2,1-2H3. The second-order valence-corrected chi connectivity index (χ2v) is 2.54. The number of aromatic nitrogens is 2. The van der Waals surface area contributed by atoms with Crippen molar-refractivity contribution >= 4 is 5.97 Å². The fourth-order valence-corrected chi connectivity index (χ4v) is 1.00. The van der Waals surface area contributed by atoms with Gasteiger partial charge in [-0.1, -0.05) is 0 Å². The number of nitrogens with zero attached hydrogens (tertiary/aromatic N) is 2. The van der Waals surface area contributed by atoms with Gasteiger partial charge in [-0.05, 0) is 7.05 Å². The zero-order valence-electron chi connectivity index (χ0n) is 7.78. The van der Waals surface area contributed by atoms with Crippen LogP contribution < -0.4 is 5.32 Å². The van der Waals surface area contributed by atoms with Crippen LogP contribution in [-0.2, 0) is 11.3 Å². The van der Waals surface area contributed by atoms with Gasteiger partial charge in [-0.2, -0.15) is 0 Å². The molecule has 1 aromatic rings. The highest BCUT2D eigenvalue weighted by molar-refractivity contribution is 5.85. The van der Waals surface area contributed by atoms with E-state index in [4.69, 9.17) is 0 Å². The molecular weight excluding hydrogens is 170 g/mol. The summed E-state index contributed by atoms with van der Waals surface area (Å²) in [5, 5.41) is 2.99. The van der Waals surface area contributed by atoms with Crippen LogP contribution in [0.2, 0.25) is 0 Å². The molecule has 0 aliphatic carbocycles. The summed E-state index contributed by atoms with van der Waals surface area (Å²) in [5.41, 5.74) is 0. The third-order valence-electron chi connectivity index (χ3n) is 1.69. The molecule has 0 amide bonds. The lowest BCUT2D eigenvalue weighted by molar-refractivity contribution is 0.0581. The van der Waals surface area contributed by atoms with Gasteiger partial charge < -0.3 is 14.6 Å². The van der Waals surface area contributed by atoms with Crippen LogP contribution in [0.25, 0.3) is 0 Å². The van der Waals surface area contributed by atoms with Gasteiger partial charge in [0.15, 0.2) is 0 Å². The predicted molar refractivity (Wildman–Crippen MR) is 47.5 cm³/mol. The molecule has 13 heavy (non-hydrogen) atoms. The van der Waals surface area contributed by atoms with Crippen molar-refractivity contribution < 1.29 is 9.53 Å². The van der Waals surface area contributed by atoms with E-state index in [9.17, 15) is 4.79 Å². The number of rotatable bonds is 4. The normalized spacial score (nSPS) is 10.0. The highest BCUT2D eigenvalue weighted by Gasteiger charge is 2.11. The highest BCUT2D eigenvalue weighted by atomic mass is 16.5. The van der Waals surface area contributed by atoms with Crippen molar-refractivity contribution in [3.63, 3.8) is 0 Å². The second kappa shape index (κ2) is 4.61. The summed E-state index contributed by atoms with van der Waals surface area (Å²) in [6.45, 7) is 1.50. The lowest BCUT2D eigenvalue weighted by atomic mass is 10.5.